The Bertz CT molecular complexity index is 649. The van der Waals surface area contributed by atoms with Crippen molar-refractivity contribution < 1.29 is 23.9 Å². The maximum absolute atomic E-state index is 12.4. The molecule has 4 amide bonds. The van der Waals surface area contributed by atoms with Crippen molar-refractivity contribution in [1.29, 1.82) is 0 Å². The van der Waals surface area contributed by atoms with Gasteiger partial charge in [0.05, 0.1) is 6.61 Å². The van der Waals surface area contributed by atoms with Crippen molar-refractivity contribution in [2.75, 3.05) is 30.3 Å². The molecule has 1 rings (SSSR count). The summed E-state index contributed by atoms with van der Waals surface area (Å²) in [4.78, 5) is 47.2. The highest BCUT2D eigenvalue weighted by molar-refractivity contribution is 6.19. The Morgan fingerprint density at radius 3 is 2.32 bits per heavy atom. The van der Waals surface area contributed by atoms with Gasteiger partial charge in [-0.25, -0.2) is 4.79 Å². The number of rotatable bonds is 8. The van der Waals surface area contributed by atoms with E-state index >= 15 is 0 Å². The quantitative estimate of drug-likeness (QED) is 0.309. The monoisotopic (exact) mass is 351 g/mol. The molecule has 1 unspecified atom stereocenters. The van der Waals surface area contributed by atoms with Gasteiger partial charge in [-0.15, -0.1) is 0 Å². The van der Waals surface area contributed by atoms with Gasteiger partial charge in [0.15, 0.2) is 0 Å². The van der Waals surface area contributed by atoms with Gasteiger partial charge in [-0.05, 0) is 25.1 Å². The second kappa shape index (κ2) is 9.88. The van der Waals surface area contributed by atoms with Crippen LogP contribution in [0.1, 0.15) is 6.92 Å². The highest BCUT2D eigenvalue weighted by atomic mass is 16.5. The number of ether oxygens (including phenoxy) is 1. The Kier molecular flexibility index (Phi) is 7.87. The SMILES string of the molecule is CCOC(=O)C(C(=O)NCCN)C(=O)Nc1cccc(NC(N)=O)c1. The Labute approximate surface area is 144 Å². The third-order valence-electron chi connectivity index (χ3n) is 2.89. The van der Waals surface area contributed by atoms with E-state index in [-0.39, 0.29) is 25.4 Å². The second-order valence-electron chi connectivity index (χ2n) is 4.82. The summed E-state index contributed by atoms with van der Waals surface area (Å²) in [6.45, 7) is 1.85. The second-order valence-corrected chi connectivity index (χ2v) is 4.82. The van der Waals surface area contributed by atoms with E-state index in [1.165, 1.54) is 12.1 Å². The zero-order valence-electron chi connectivity index (χ0n) is 13.7. The largest absolute Gasteiger partial charge is 0.465 e. The molecular weight excluding hydrogens is 330 g/mol. The topological polar surface area (TPSA) is 166 Å². The molecule has 10 heteroatoms. The summed E-state index contributed by atoms with van der Waals surface area (Å²) < 4.78 is 4.77. The maximum atomic E-state index is 12.4. The fourth-order valence-electron chi connectivity index (χ4n) is 1.89. The van der Waals surface area contributed by atoms with Crippen LogP contribution in [0.5, 0.6) is 0 Å². The number of hydrogen-bond donors (Lipinski definition) is 5. The summed E-state index contributed by atoms with van der Waals surface area (Å²) in [5, 5.41) is 7.15. The zero-order chi connectivity index (χ0) is 18.8. The number of anilines is 2. The fourth-order valence-corrected chi connectivity index (χ4v) is 1.89. The van der Waals surface area contributed by atoms with Gasteiger partial charge in [-0.3, -0.25) is 14.4 Å². The molecule has 10 nitrogen and oxygen atoms in total. The number of nitrogens with two attached hydrogens (primary N) is 2. The van der Waals surface area contributed by atoms with Gasteiger partial charge in [0.2, 0.25) is 17.7 Å². The van der Waals surface area contributed by atoms with E-state index in [0.717, 1.165) is 0 Å². The summed E-state index contributed by atoms with van der Waals surface area (Å²) in [5.41, 5.74) is 10.9. The summed E-state index contributed by atoms with van der Waals surface area (Å²) in [6.07, 6.45) is 0. The molecule has 1 aromatic carbocycles. The average molecular weight is 351 g/mol. The lowest BCUT2D eigenvalue weighted by Crippen LogP contribution is -2.44. The van der Waals surface area contributed by atoms with Crippen LogP contribution in [0.25, 0.3) is 0 Å². The van der Waals surface area contributed by atoms with Crippen LogP contribution in [0.4, 0.5) is 16.2 Å². The first-order valence-electron chi connectivity index (χ1n) is 7.50. The highest BCUT2D eigenvalue weighted by Gasteiger charge is 2.35. The van der Waals surface area contributed by atoms with E-state index in [4.69, 9.17) is 16.2 Å². The lowest BCUT2D eigenvalue weighted by atomic mass is 10.1. The van der Waals surface area contributed by atoms with Crippen molar-refractivity contribution in [2.24, 2.45) is 17.4 Å². The van der Waals surface area contributed by atoms with Gasteiger partial charge >= 0.3 is 12.0 Å². The molecule has 1 atom stereocenters. The zero-order valence-corrected chi connectivity index (χ0v) is 13.7. The molecule has 0 saturated heterocycles. The normalized spacial score (nSPS) is 11.1. The number of amides is 4. The van der Waals surface area contributed by atoms with Crippen molar-refractivity contribution >= 4 is 35.2 Å². The number of nitrogens with one attached hydrogen (secondary N) is 3. The molecule has 0 aliphatic rings. The lowest BCUT2D eigenvalue weighted by molar-refractivity contribution is -0.154. The Morgan fingerprint density at radius 2 is 1.76 bits per heavy atom. The molecular formula is C15H21N5O5. The van der Waals surface area contributed by atoms with Crippen molar-refractivity contribution in [3.05, 3.63) is 24.3 Å². The van der Waals surface area contributed by atoms with Gasteiger partial charge in [-0.1, -0.05) is 6.07 Å². The smallest absolute Gasteiger partial charge is 0.328 e. The molecule has 0 heterocycles. The number of carbonyl (C=O) groups is 4. The van der Waals surface area contributed by atoms with E-state index < -0.39 is 29.7 Å². The molecule has 136 valence electrons. The van der Waals surface area contributed by atoms with Crippen LogP contribution in [0.2, 0.25) is 0 Å². The molecule has 0 aliphatic heterocycles. The minimum atomic E-state index is -1.68. The third-order valence-corrected chi connectivity index (χ3v) is 2.89. The number of benzene rings is 1. The molecule has 0 fully saturated rings. The van der Waals surface area contributed by atoms with E-state index in [0.29, 0.717) is 5.69 Å². The Balaban J connectivity index is 2.92. The predicted molar refractivity (Wildman–Crippen MR) is 90.5 cm³/mol. The maximum Gasteiger partial charge on any atom is 0.328 e. The van der Waals surface area contributed by atoms with Crippen molar-refractivity contribution in [3.8, 4) is 0 Å². The number of carbonyl (C=O) groups excluding carboxylic acids is 4. The summed E-state index contributed by atoms with van der Waals surface area (Å²) >= 11 is 0. The van der Waals surface area contributed by atoms with Crippen LogP contribution in [0.15, 0.2) is 24.3 Å². The van der Waals surface area contributed by atoms with Gasteiger partial charge in [0, 0.05) is 24.5 Å². The molecule has 7 N–H and O–H groups in total. The molecule has 0 aromatic heterocycles. The highest BCUT2D eigenvalue weighted by Crippen LogP contribution is 2.16. The first kappa shape index (κ1) is 19.9. The Morgan fingerprint density at radius 1 is 1.12 bits per heavy atom. The van der Waals surface area contributed by atoms with Crippen molar-refractivity contribution in [1.82, 2.24) is 5.32 Å². The number of urea groups is 1. The molecule has 25 heavy (non-hydrogen) atoms. The molecule has 0 aliphatic carbocycles. The minimum Gasteiger partial charge on any atom is -0.465 e. The van der Waals surface area contributed by atoms with Gasteiger partial charge in [-0.2, -0.15) is 0 Å². The summed E-state index contributed by atoms with van der Waals surface area (Å²) in [5.74, 6) is -4.34. The van der Waals surface area contributed by atoms with Crippen LogP contribution < -0.4 is 27.4 Å². The Hall–Kier alpha value is -3.14. The van der Waals surface area contributed by atoms with E-state index in [1.807, 2.05) is 0 Å². The van der Waals surface area contributed by atoms with E-state index in [9.17, 15) is 19.2 Å². The number of esters is 1. The molecule has 1 aromatic rings. The van der Waals surface area contributed by atoms with Crippen molar-refractivity contribution in [3.63, 3.8) is 0 Å². The third kappa shape index (κ3) is 6.47. The van der Waals surface area contributed by atoms with Gasteiger partial charge in [0.25, 0.3) is 0 Å². The molecule has 0 saturated carbocycles. The fraction of sp³-hybridized carbons (Fsp3) is 0.333. The molecule has 0 bridgehead atoms. The van der Waals surface area contributed by atoms with Crippen LogP contribution in [0.3, 0.4) is 0 Å². The first-order chi connectivity index (χ1) is 11.9. The van der Waals surface area contributed by atoms with Crippen LogP contribution in [0, 0.1) is 5.92 Å². The number of hydrogen-bond acceptors (Lipinski definition) is 6. The minimum absolute atomic E-state index is 0.0186. The van der Waals surface area contributed by atoms with E-state index in [1.54, 1.807) is 19.1 Å². The summed E-state index contributed by atoms with van der Waals surface area (Å²) in [7, 11) is 0. The summed E-state index contributed by atoms with van der Waals surface area (Å²) in [6, 6.07) is 5.27. The predicted octanol–water partition coefficient (Wildman–Crippen LogP) is -0.630. The standard InChI is InChI=1S/C15H21N5O5/c1-2-25-14(23)11(12(21)18-7-6-16)13(22)19-9-4-3-5-10(8-9)20-15(17)24/h3-5,8,11H,2,6-7,16H2,1H3,(H,18,21)(H,19,22)(H3,17,20,24). The first-order valence-corrected chi connectivity index (χ1v) is 7.50. The van der Waals surface area contributed by atoms with Crippen LogP contribution in [-0.2, 0) is 19.1 Å². The van der Waals surface area contributed by atoms with Gasteiger partial charge < -0.3 is 32.2 Å². The van der Waals surface area contributed by atoms with Crippen LogP contribution >= 0.6 is 0 Å². The average Bonchev–Trinajstić information content (AvgIpc) is 2.53. The number of primary amides is 1. The molecule has 0 spiro atoms. The van der Waals surface area contributed by atoms with E-state index in [2.05, 4.69) is 16.0 Å². The van der Waals surface area contributed by atoms with Crippen molar-refractivity contribution in [2.45, 2.75) is 6.92 Å². The van der Waals surface area contributed by atoms with Crippen LogP contribution in [-0.4, -0.2) is 43.5 Å². The lowest BCUT2D eigenvalue weighted by Gasteiger charge is -2.15. The van der Waals surface area contributed by atoms with Gasteiger partial charge in [0.1, 0.15) is 0 Å². The molecule has 0 radical (unpaired) electrons.